The fourth-order valence-corrected chi connectivity index (χ4v) is 3.15. The number of hydrogen-bond acceptors (Lipinski definition) is 5. The molecule has 1 amide bonds. The molecular formula is C19H24FN3O3. The van der Waals surface area contributed by atoms with Gasteiger partial charge in [-0.2, -0.15) is 0 Å². The molecule has 1 atom stereocenters. The molecule has 1 aromatic carbocycles. The second-order valence-corrected chi connectivity index (χ2v) is 6.66. The summed E-state index contributed by atoms with van der Waals surface area (Å²) in [6, 6.07) is 6.48. The van der Waals surface area contributed by atoms with Crippen molar-refractivity contribution in [1.82, 2.24) is 14.8 Å². The summed E-state index contributed by atoms with van der Waals surface area (Å²) in [7, 11) is 3.87. The van der Waals surface area contributed by atoms with E-state index in [9.17, 15) is 9.18 Å². The molecule has 0 spiro atoms. The molecule has 3 rings (SSSR count). The summed E-state index contributed by atoms with van der Waals surface area (Å²) in [6.07, 6.45) is 4.82. The molecule has 1 aliphatic heterocycles. The van der Waals surface area contributed by atoms with Gasteiger partial charge in [-0.05, 0) is 38.6 Å². The van der Waals surface area contributed by atoms with Gasteiger partial charge in [-0.3, -0.25) is 4.79 Å². The Morgan fingerprint density at radius 2 is 2.23 bits per heavy atom. The highest BCUT2D eigenvalue weighted by atomic mass is 19.1. The van der Waals surface area contributed by atoms with Gasteiger partial charge < -0.3 is 19.0 Å². The zero-order valence-corrected chi connectivity index (χ0v) is 15.2. The molecule has 0 bridgehead atoms. The minimum atomic E-state index is -0.452. The maximum atomic E-state index is 13.5. The van der Waals surface area contributed by atoms with Crippen LogP contribution in [0, 0.1) is 5.82 Å². The summed E-state index contributed by atoms with van der Waals surface area (Å²) < 4.78 is 24.2. The molecule has 0 N–H and O–H groups in total. The van der Waals surface area contributed by atoms with Crippen LogP contribution < -0.4 is 4.74 Å². The molecule has 2 aromatic rings. The average molecular weight is 361 g/mol. The number of likely N-dealkylation sites (N-methyl/N-ethyl adjacent to an activating group) is 2. The standard InChI is InChI=1S/C19H24FN3O3/c1-22-10-6-5-7-14(22)11-23(2)19(24)16-12-26-18(21-16)13-25-17-9-4-3-8-15(17)20/h3-4,8-9,12,14H,5-7,10-11,13H2,1-2H3/t14-/m1/s1. The quantitative estimate of drug-likeness (QED) is 0.792. The zero-order valence-electron chi connectivity index (χ0n) is 15.2. The Morgan fingerprint density at radius 3 is 3.00 bits per heavy atom. The van der Waals surface area contributed by atoms with Gasteiger partial charge in [0.15, 0.2) is 23.9 Å². The van der Waals surface area contributed by atoms with Crippen LogP contribution in [0.5, 0.6) is 5.75 Å². The van der Waals surface area contributed by atoms with Crippen molar-refractivity contribution in [3.63, 3.8) is 0 Å². The van der Waals surface area contributed by atoms with E-state index in [1.54, 1.807) is 24.1 Å². The summed E-state index contributed by atoms with van der Waals surface area (Å²) in [5.74, 6) is -0.285. The van der Waals surface area contributed by atoms with E-state index in [-0.39, 0.29) is 29.8 Å². The van der Waals surface area contributed by atoms with Crippen LogP contribution in [-0.2, 0) is 6.61 Å². The number of para-hydroxylation sites is 1. The minimum Gasteiger partial charge on any atom is -0.481 e. The van der Waals surface area contributed by atoms with Crippen LogP contribution in [-0.4, -0.2) is 53.9 Å². The lowest BCUT2D eigenvalue weighted by molar-refractivity contribution is 0.0711. The van der Waals surface area contributed by atoms with Crippen molar-refractivity contribution in [2.75, 3.05) is 27.2 Å². The van der Waals surface area contributed by atoms with Crippen LogP contribution in [0.3, 0.4) is 0 Å². The van der Waals surface area contributed by atoms with Gasteiger partial charge in [-0.1, -0.05) is 18.6 Å². The number of nitrogens with zero attached hydrogens (tertiary/aromatic N) is 3. The SMILES string of the molecule is CN(C[C@H]1CCCCN1C)C(=O)c1coc(COc2ccccc2F)n1. The molecule has 1 saturated heterocycles. The van der Waals surface area contributed by atoms with Crippen molar-refractivity contribution < 1.29 is 18.3 Å². The van der Waals surface area contributed by atoms with Crippen LogP contribution in [0.1, 0.15) is 35.6 Å². The summed E-state index contributed by atoms with van der Waals surface area (Å²) in [6.45, 7) is 1.68. The molecular weight excluding hydrogens is 337 g/mol. The summed E-state index contributed by atoms with van der Waals surface area (Å²) >= 11 is 0. The molecule has 1 aromatic heterocycles. The maximum Gasteiger partial charge on any atom is 0.275 e. The predicted molar refractivity (Wildman–Crippen MR) is 94.5 cm³/mol. The summed E-state index contributed by atoms with van der Waals surface area (Å²) in [4.78, 5) is 20.7. The molecule has 1 fully saturated rings. The minimum absolute atomic E-state index is 0.0384. The van der Waals surface area contributed by atoms with E-state index in [1.165, 1.54) is 31.2 Å². The molecule has 7 heteroatoms. The zero-order chi connectivity index (χ0) is 18.5. The first-order valence-electron chi connectivity index (χ1n) is 8.82. The molecule has 140 valence electrons. The number of hydrogen-bond donors (Lipinski definition) is 0. The third kappa shape index (κ3) is 4.40. The van der Waals surface area contributed by atoms with Crippen molar-refractivity contribution in [2.24, 2.45) is 0 Å². The second kappa shape index (κ2) is 8.31. The maximum absolute atomic E-state index is 13.5. The lowest BCUT2D eigenvalue weighted by atomic mass is 10.0. The van der Waals surface area contributed by atoms with Gasteiger partial charge in [-0.25, -0.2) is 9.37 Å². The van der Waals surface area contributed by atoms with Gasteiger partial charge in [0.2, 0.25) is 5.89 Å². The molecule has 26 heavy (non-hydrogen) atoms. The van der Waals surface area contributed by atoms with Crippen LogP contribution in [0.25, 0.3) is 0 Å². The Balaban J connectivity index is 1.56. The number of carbonyl (C=O) groups excluding carboxylic acids is 1. The average Bonchev–Trinajstić information content (AvgIpc) is 3.11. The van der Waals surface area contributed by atoms with Gasteiger partial charge in [0.25, 0.3) is 5.91 Å². The Morgan fingerprint density at radius 1 is 1.42 bits per heavy atom. The highest BCUT2D eigenvalue weighted by Crippen LogP contribution is 2.18. The smallest absolute Gasteiger partial charge is 0.275 e. The van der Waals surface area contributed by atoms with Crippen molar-refractivity contribution in [3.8, 4) is 5.75 Å². The summed E-state index contributed by atoms with van der Waals surface area (Å²) in [5.41, 5.74) is 0.234. The molecule has 6 nitrogen and oxygen atoms in total. The number of amides is 1. The number of benzene rings is 1. The van der Waals surface area contributed by atoms with Gasteiger partial charge in [-0.15, -0.1) is 0 Å². The van der Waals surface area contributed by atoms with Gasteiger partial charge in [0, 0.05) is 19.6 Å². The molecule has 2 heterocycles. The van der Waals surface area contributed by atoms with E-state index in [1.807, 2.05) is 0 Å². The van der Waals surface area contributed by atoms with E-state index in [4.69, 9.17) is 9.15 Å². The van der Waals surface area contributed by atoms with E-state index in [0.29, 0.717) is 12.6 Å². The van der Waals surface area contributed by atoms with Gasteiger partial charge >= 0.3 is 0 Å². The van der Waals surface area contributed by atoms with Crippen molar-refractivity contribution in [3.05, 3.63) is 47.9 Å². The van der Waals surface area contributed by atoms with Crippen molar-refractivity contribution >= 4 is 5.91 Å². The van der Waals surface area contributed by atoms with Crippen LogP contribution in [0.4, 0.5) is 4.39 Å². The highest BCUT2D eigenvalue weighted by molar-refractivity contribution is 5.91. The number of rotatable bonds is 6. The van der Waals surface area contributed by atoms with Crippen molar-refractivity contribution in [1.29, 1.82) is 0 Å². The first-order valence-corrected chi connectivity index (χ1v) is 8.82. The second-order valence-electron chi connectivity index (χ2n) is 6.66. The summed E-state index contributed by atoms with van der Waals surface area (Å²) in [5, 5.41) is 0. The van der Waals surface area contributed by atoms with Gasteiger partial charge in [0.05, 0.1) is 0 Å². The number of aromatic nitrogens is 1. The molecule has 1 aliphatic rings. The molecule has 0 unspecified atom stereocenters. The largest absolute Gasteiger partial charge is 0.481 e. The number of halogens is 1. The van der Waals surface area contributed by atoms with E-state index >= 15 is 0 Å². The third-order valence-corrected chi connectivity index (χ3v) is 4.71. The van der Waals surface area contributed by atoms with Crippen LogP contribution >= 0.6 is 0 Å². The lowest BCUT2D eigenvalue weighted by Crippen LogP contribution is -2.45. The van der Waals surface area contributed by atoms with Gasteiger partial charge in [0.1, 0.15) is 6.26 Å². The Hall–Kier alpha value is -2.41. The topological polar surface area (TPSA) is 58.8 Å². The first kappa shape index (κ1) is 18.4. The number of ether oxygens (including phenoxy) is 1. The molecule has 0 saturated carbocycles. The lowest BCUT2D eigenvalue weighted by Gasteiger charge is -2.34. The highest BCUT2D eigenvalue weighted by Gasteiger charge is 2.24. The Bertz CT molecular complexity index is 749. The number of oxazole rings is 1. The number of carbonyl (C=O) groups is 1. The molecule has 0 radical (unpaired) electrons. The van der Waals surface area contributed by atoms with E-state index in [2.05, 4.69) is 16.9 Å². The van der Waals surface area contributed by atoms with E-state index < -0.39 is 5.82 Å². The van der Waals surface area contributed by atoms with Crippen LogP contribution in [0.15, 0.2) is 34.9 Å². The number of likely N-dealkylation sites (tertiary alicyclic amines) is 1. The number of piperidine rings is 1. The predicted octanol–water partition coefficient (Wildman–Crippen LogP) is 2.95. The van der Waals surface area contributed by atoms with Crippen molar-refractivity contribution in [2.45, 2.75) is 31.9 Å². The molecule has 0 aliphatic carbocycles. The Labute approximate surface area is 152 Å². The third-order valence-electron chi connectivity index (χ3n) is 4.71. The fraction of sp³-hybridized carbons (Fsp3) is 0.474. The Kier molecular flexibility index (Phi) is 5.88. The monoisotopic (exact) mass is 361 g/mol. The van der Waals surface area contributed by atoms with E-state index in [0.717, 1.165) is 13.0 Å². The van der Waals surface area contributed by atoms with Crippen LogP contribution in [0.2, 0.25) is 0 Å². The first-order chi connectivity index (χ1) is 12.5. The fourth-order valence-electron chi connectivity index (χ4n) is 3.15. The normalized spacial score (nSPS) is 17.9.